The molecule has 0 unspecified atom stereocenters. The Kier molecular flexibility index (Phi) is 2.31. The summed E-state index contributed by atoms with van der Waals surface area (Å²) in [5.41, 5.74) is 10.9. The molecule has 2 heterocycles. The first-order valence-corrected chi connectivity index (χ1v) is 5.31. The van der Waals surface area contributed by atoms with Crippen molar-refractivity contribution in [2.24, 2.45) is 5.84 Å². The van der Waals surface area contributed by atoms with Gasteiger partial charge >= 0.3 is 0 Å². The smallest absolute Gasteiger partial charge is 0.222 e. The molecule has 0 aliphatic rings. The Labute approximate surface area is 102 Å². The predicted octanol–water partition coefficient (Wildman–Crippen LogP) is 0.888. The molecule has 0 amide bonds. The molecule has 0 aliphatic heterocycles. The van der Waals surface area contributed by atoms with E-state index in [-0.39, 0.29) is 5.95 Å². The third kappa shape index (κ3) is 1.62. The summed E-state index contributed by atoms with van der Waals surface area (Å²) in [6.07, 6.45) is 3.56. The Morgan fingerprint density at radius 3 is 2.78 bits per heavy atom. The third-order valence-electron chi connectivity index (χ3n) is 2.68. The molecule has 18 heavy (non-hydrogen) atoms. The molecular weight excluding hydrogens is 230 g/mol. The van der Waals surface area contributed by atoms with Crippen LogP contribution in [0, 0.1) is 0 Å². The van der Waals surface area contributed by atoms with Gasteiger partial charge in [-0.25, -0.2) is 10.8 Å². The minimum absolute atomic E-state index is 0.187. The molecule has 2 aromatic heterocycles. The number of anilines is 2. The Balaban J connectivity index is 2.25. The number of aromatic nitrogens is 4. The van der Waals surface area contributed by atoms with Crippen molar-refractivity contribution >= 4 is 22.7 Å². The third-order valence-corrected chi connectivity index (χ3v) is 2.68. The van der Waals surface area contributed by atoms with Crippen molar-refractivity contribution in [3.8, 4) is 11.1 Å². The number of nitrogen functional groups attached to an aromatic ring is 2. The summed E-state index contributed by atoms with van der Waals surface area (Å²) in [7, 11) is 0. The first-order valence-electron chi connectivity index (χ1n) is 5.31. The molecule has 7 nitrogen and oxygen atoms in total. The average Bonchev–Trinajstić information content (AvgIpc) is 2.91. The van der Waals surface area contributed by atoms with Crippen LogP contribution in [0.5, 0.6) is 0 Å². The first kappa shape index (κ1) is 10.5. The van der Waals surface area contributed by atoms with Crippen LogP contribution < -0.4 is 17.0 Å². The highest BCUT2D eigenvalue weighted by atomic mass is 15.3. The van der Waals surface area contributed by atoms with Crippen LogP contribution in [0.15, 0.2) is 30.6 Å². The number of rotatable bonds is 2. The molecule has 0 bridgehead atoms. The number of fused-ring (bicyclic) bond motifs is 1. The number of nitrogens with one attached hydrogen (secondary N) is 2. The van der Waals surface area contributed by atoms with Gasteiger partial charge in [-0.05, 0) is 17.7 Å². The zero-order valence-electron chi connectivity index (χ0n) is 9.38. The molecule has 90 valence electrons. The fraction of sp³-hybridized carbons (Fsp3) is 0. The van der Waals surface area contributed by atoms with Crippen molar-refractivity contribution in [2.45, 2.75) is 0 Å². The van der Waals surface area contributed by atoms with E-state index in [1.54, 1.807) is 6.20 Å². The standard InChI is InChI=1S/C11H11N7/c12-11-16-9-2-1-6(7-4-14-15-5-7)3-8(9)10(17-11)18-13/h1-5H,13H2,(H,14,15)(H3,12,16,17,18). The van der Waals surface area contributed by atoms with Gasteiger partial charge in [0, 0.05) is 17.1 Å². The Morgan fingerprint density at radius 2 is 2.06 bits per heavy atom. The van der Waals surface area contributed by atoms with E-state index in [1.807, 2.05) is 24.4 Å². The van der Waals surface area contributed by atoms with Gasteiger partial charge in [0.1, 0.15) is 0 Å². The van der Waals surface area contributed by atoms with Crippen LogP contribution in [0.25, 0.3) is 22.0 Å². The molecule has 0 saturated heterocycles. The summed E-state index contributed by atoms with van der Waals surface area (Å²) >= 11 is 0. The lowest BCUT2D eigenvalue weighted by molar-refractivity contribution is 1.09. The number of nitrogens with zero attached hydrogens (tertiary/aromatic N) is 3. The Morgan fingerprint density at radius 1 is 1.17 bits per heavy atom. The van der Waals surface area contributed by atoms with Crippen molar-refractivity contribution < 1.29 is 0 Å². The topological polar surface area (TPSA) is 119 Å². The maximum Gasteiger partial charge on any atom is 0.222 e. The van der Waals surface area contributed by atoms with Crippen LogP contribution >= 0.6 is 0 Å². The van der Waals surface area contributed by atoms with Crippen molar-refractivity contribution in [1.82, 2.24) is 20.2 Å². The van der Waals surface area contributed by atoms with Crippen LogP contribution in [0.2, 0.25) is 0 Å². The molecule has 1 aromatic carbocycles. The van der Waals surface area contributed by atoms with Crippen molar-refractivity contribution in [3.05, 3.63) is 30.6 Å². The summed E-state index contributed by atoms with van der Waals surface area (Å²) in [6, 6.07) is 5.76. The lowest BCUT2D eigenvalue weighted by Gasteiger charge is -2.07. The predicted molar refractivity (Wildman–Crippen MR) is 69.3 cm³/mol. The quantitative estimate of drug-likeness (QED) is 0.391. The van der Waals surface area contributed by atoms with Gasteiger partial charge in [0.15, 0.2) is 5.82 Å². The van der Waals surface area contributed by atoms with Gasteiger partial charge < -0.3 is 11.2 Å². The molecule has 0 atom stereocenters. The van der Waals surface area contributed by atoms with Crippen LogP contribution in [0.3, 0.4) is 0 Å². The second-order valence-corrected chi connectivity index (χ2v) is 3.79. The van der Waals surface area contributed by atoms with E-state index in [4.69, 9.17) is 11.6 Å². The van der Waals surface area contributed by atoms with Crippen molar-refractivity contribution in [3.63, 3.8) is 0 Å². The van der Waals surface area contributed by atoms with Crippen molar-refractivity contribution in [2.75, 3.05) is 11.2 Å². The van der Waals surface area contributed by atoms with E-state index < -0.39 is 0 Å². The van der Waals surface area contributed by atoms with Crippen molar-refractivity contribution in [1.29, 1.82) is 0 Å². The Hall–Kier alpha value is -2.67. The van der Waals surface area contributed by atoms with Crippen LogP contribution in [-0.4, -0.2) is 20.2 Å². The summed E-state index contributed by atoms with van der Waals surface area (Å²) < 4.78 is 0. The fourth-order valence-corrected chi connectivity index (χ4v) is 1.84. The summed E-state index contributed by atoms with van der Waals surface area (Å²) in [6.45, 7) is 0. The Bertz CT molecular complexity index is 690. The lowest BCUT2D eigenvalue weighted by Crippen LogP contribution is -2.11. The minimum Gasteiger partial charge on any atom is -0.368 e. The van der Waals surface area contributed by atoms with E-state index in [1.165, 1.54) is 0 Å². The van der Waals surface area contributed by atoms with Gasteiger partial charge in [-0.2, -0.15) is 10.1 Å². The molecule has 0 fully saturated rings. The van der Waals surface area contributed by atoms with Crippen LogP contribution in [-0.2, 0) is 0 Å². The second-order valence-electron chi connectivity index (χ2n) is 3.79. The first-order chi connectivity index (χ1) is 8.78. The number of nitrogens with two attached hydrogens (primary N) is 2. The number of hydrogen-bond acceptors (Lipinski definition) is 6. The minimum atomic E-state index is 0.187. The zero-order valence-corrected chi connectivity index (χ0v) is 9.38. The van der Waals surface area contributed by atoms with Gasteiger partial charge in [-0.1, -0.05) is 6.07 Å². The molecule has 0 radical (unpaired) electrons. The summed E-state index contributed by atoms with van der Waals surface area (Å²) in [4.78, 5) is 8.20. The van der Waals surface area contributed by atoms with E-state index in [9.17, 15) is 0 Å². The highest BCUT2D eigenvalue weighted by Gasteiger charge is 2.07. The normalized spacial score (nSPS) is 10.7. The van der Waals surface area contributed by atoms with E-state index in [0.717, 1.165) is 22.0 Å². The zero-order chi connectivity index (χ0) is 12.5. The number of hydrogen-bond donors (Lipinski definition) is 4. The average molecular weight is 241 g/mol. The molecule has 0 saturated carbocycles. The molecule has 7 heteroatoms. The maximum atomic E-state index is 5.60. The van der Waals surface area contributed by atoms with Gasteiger partial charge in [0.25, 0.3) is 0 Å². The van der Waals surface area contributed by atoms with Crippen LogP contribution in [0.4, 0.5) is 11.8 Å². The maximum absolute atomic E-state index is 5.60. The highest BCUT2D eigenvalue weighted by Crippen LogP contribution is 2.26. The molecule has 0 aliphatic carbocycles. The largest absolute Gasteiger partial charge is 0.368 e. The number of aromatic amines is 1. The van der Waals surface area contributed by atoms with Gasteiger partial charge in [0.2, 0.25) is 5.95 Å². The van der Waals surface area contributed by atoms with Gasteiger partial charge in [-0.3, -0.25) is 5.10 Å². The second kappa shape index (κ2) is 3.97. The fourth-order valence-electron chi connectivity index (χ4n) is 1.84. The summed E-state index contributed by atoms with van der Waals surface area (Å²) in [5, 5.41) is 7.50. The molecule has 6 N–H and O–H groups in total. The molecular formula is C11H11N7. The lowest BCUT2D eigenvalue weighted by atomic mass is 10.1. The van der Waals surface area contributed by atoms with E-state index in [0.29, 0.717) is 5.82 Å². The molecule has 3 aromatic rings. The summed E-state index contributed by atoms with van der Waals surface area (Å²) in [5.74, 6) is 6.13. The van der Waals surface area contributed by atoms with Crippen LogP contribution in [0.1, 0.15) is 0 Å². The van der Waals surface area contributed by atoms with E-state index in [2.05, 4.69) is 25.6 Å². The van der Waals surface area contributed by atoms with Gasteiger partial charge in [0.05, 0.1) is 11.7 Å². The SMILES string of the molecule is NNc1nc(N)nc2ccc(-c3cn[nH]c3)cc12. The monoisotopic (exact) mass is 241 g/mol. The number of H-pyrrole nitrogens is 1. The molecule has 0 spiro atoms. The molecule has 3 rings (SSSR count). The number of hydrazine groups is 1. The van der Waals surface area contributed by atoms with E-state index >= 15 is 0 Å². The number of benzene rings is 1. The van der Waals surface area contributed by atoms with Gasteiger partial charge in [-0.15, -0.1) is 0 Å². The highest BCUT2D eigenvalue weighted by molar-refractivity contribution is 5.93.